The lowest BCUT2D eigenvalue weighted by atomic mass is 10.2. The van der Waals surface area contributed by atoms with Gasteiger partial charge in [-0.2, -0.15) is 0 Å². The van der Waals surface area contributed by atoms with Crippen molar-refractivity contribution in [3.05, 3.63) is 52.0 Å². The molecular weight excluding hydrogens is 432 g/mol. The number of carbonyl (C=O) groups excluding carboxylic acids is 3. The van der Waals surface area contributed by atoms with Gasteiger partial charge in [-0.15, -0.1) is 0 Å². The van der Waals surface area contributed by atoms with Crippen molar-refractivity contribution in [3.8, 4) is 5.75 Å². The quantitative estimate of drug-likeness (QED) is 0.398. The molecule has 164 valence electrons. The van der Waals surface area contributed by atoms with E-state index in [1.807, 2.05) is 0 Å². The number of esters is 3. The maximum Gasteiger partial charge on any atom is 0.360 e. The molecule has 11 heteroatoms. The number of nitrogens with zero attached hydrogens (tertiary/aromatic N) is 1. The van der Waals surface area contributed by atoms with Crippen LogP contribution in [0.2, 0.25) is 5.02 Å². The Hall–Kier alpha value is -3.53. The number of hydrogen-bond donors (Lipinski definition) is 1. The zero-order valence-corrected chi connectivity index (χ0v) is 17.9. The number of carbonyl (C=O) groups is 3. The predicted molar refractivity (Wildman–Crippen MR) is 106 cm³/mol. The number of cyclic esters (lactones) is 2. The van der Waals surface area contributed by atoms with Crippen LogP contribution in [0.4, 0.5) is 5.69 Å². The first kappa shape index (κ1) is 22.2. The summed E-state index contributed by atoms with van der Waals surface area (Å²) in [5.41, 5.74) is 0.656. The zero-order chi connectivity index (χ0) is 22.8. The summed E-state index contributed by atoms with van der Waals surface area (Å²) in [7, 11) is 1.24. The lowest BCUT2D eigenvalue weighted by Gasteiger charge is -2.29. The van der Waals surface area contributed by atoms with Crippen LogP contribution in [-0.2, 0) is 30.4 Å². The number of anilines is 1. The number of rotatable bonds is 6. The third kappa shape index (κ3) is 4.97. The van der Waals surface area contributed by atoms with Crippen molar-refractivity contribution in [3.63, 3.8) is 0 Å². The zero-order valence-electron chi connectivity index (χ0n) is 17.1. The normalized spacial score (nSPS) is 15.1. The molecule has 1 aliphatic rings. The first-order chi connectivity index (χ1) is 14.6. The van der Waals surface area contributed by atoms with Crippen LogP contribution < -0.4 is 10.1 Å². The van der Waals surface area contributed by atoms with Crippen LogP contribution in [0.25, 0.3) is 0 Å². The maximum absolute atomic E-state index is 12.0. The number of ether oxygens (including phenoxy) is 4. The molecule has 0 spiro atoms. The van der Waals surface area contributed by atoms with Gasteiger partial charge in [0.15, 0.2) is 11.3 Å². The van der Waals surface area contributed by atoms with E-state index in [-0.39, 0.29) is 22.9 Å². The third-order valence-electron chi connectivity index (χ3n) is 4.17. The average molecular weight is 451 g/mol. The number of nitrogens with one attached hydrogen (secondary N) is 1. The van der Waals surface area contributed by atoms with E-state index in [2.05, 4.69) is 15.2 Å². The van der Waals surface area contributed by atoms with Crippen LogP contribution >= 0.6 is 11.6 Å². The smallest absolute Gasteiger partial charge is 0.360 e. The highest BCUT2D eigenvalue weighted by atomic mass is 35.5. The summed E-state index contributed by atoms with van der Waals surface area (Å²) in [6.45, 7) is 4.54. The fraction of sp³-hybridized carbons (Fsp3) is 0.300. The topological polar surface area (TPSA) is 126 Å². The van der Waals surface area contributed by atoms with E-state index >= 15 is 0 Å². The Bertz CT molecular complexity index is 1050. The molecule has 2 aromatic rings. The standard InChI is InChI=1S/C20H19ClN2O8/c1-10-13(16(23-31-10)19(26)27-4)9-28-15-6-5-11(7-14(15)21)22-8-12-17(24)29-20(2,3)30-18(12)25/h5-8,22H,9H2,1-4H3. The Morgan fingerprint density at radius 3 is 2.55 bits per heavy atom. The van der Waals surface area contributed by atoms with Crippen molar-refractivity contribution in [1.82, 2.24) is 5.16 Å². The third-order valence-corrected chi connectivity index (χ3v) is 4.46. The van der Waals surface area contributed by atoms with Crippen molar-refractivity contribution >= 4 is 35.2 Å². The Morgan fingerprint density at radius 1 is 1.26 bits per heavy atom. The molecule has 0 aliphatic carbocycles. The molecule has 1 saturated heterocycles. The molecule has 31 heavy (non-hydrogen) atoms. The lowest BCUT2D eigenvalue weighted by Crippen LogP contribution is -2.42. The highest BCUT2D eigenvalue weighted by Gasteiger charge is 2.38. The summed E-state index contributed by atoms with van der Waals surface area (Å²) < 4.78 is 25.4. The molecule has 1 aliphatic heterocycles. The summed E-state index contributed by atoms with van der Waals surface area (Å²) in [5, 5.41) is 6.70. The second-order valence-corrected chi connectivity index (χ2v) is 7.28. The van der Waals surface area contributed by atoms with E-state index in [0.29, 0.717) is 22.8 Å². The van der Waals surface area contributed by atoms with E-state index in [1.54, 1.807) is 19.1 Å². The number of aromatic nitrogens is 1. The van der Waals surface area contributed by atoms with Gasteiger partial charge < -0.3 is 28.8 Å². The molecule has 1 fully saturated rings. The van der Waals surface area contributed by atoms with Gasteiger partial charge in [-0.25, -0.2) is 14.4 Å². The van der Waals surface area contributed by atoms with Crippen molar-refractivity contribution in [2.75, 3.05) is 12.4 Å². The minimum Gasteiger partial charge on any atom is -0.487 e. The van der Waals surface area contributed by atoms with E-state index in [0.717, 1.165) is 0 Å². The molecule has 0 bridgehead atoms. The first-order valence-electron chi connectivity index (χ1n) is 9.00. The molecule has 0 atom stereocenters. The fourth-order valence-corrected chi connectivity index (χ4v) is 2.84. The van der Waals surface area contributed by atoms with Gasteiger partial charge >= 0.3 is 17.9 Å². The number of hydrogen-bond acceptors (Lipinski definition) is 10. The van der Waals surface area contributed by atoms with Crippen LogP contribution in [0, 0.1) is 6.92 Å². The summed E-state index contributed by atoms with van der Waals surface area (Å²) in [4.78, 5) is 35.7. The van der Waals surface area contributed by atoms with Gasteiger partial charge in [0, 0.05) is 25.7 Å². The van der Waals surface area contributed by atoms with Gasteiger partial charge in [0.25, 0.3) is 5.79 Å². The molecule has 1 aromatic carbocycles. The fourth-order valence-electron chi connectivity index (χ4n) is 2.61. The predicted octanol–water partition coefficient (Wildman–Crippen LogP) is 3.13. The van der Waals surface area contributed by atoms with E-state index in [1.165, 1.54) is 33.2 Å². The molecule has 10 nitrogen and oxygen atoms in total. The summed E-state index contributed by atoms with van der Waals surface area (Å²) in [6.07, 6.45) is 1.18. The monoisotopic (exact) mass is 450 g/mol. The first-order valence-corrected chi connectivity index (χ1v) is 9.38. The van der Waals surface area contributed by atoms with E-state index in [4.69, 9.17) is 30.3 Å². The summed E-state index contributed by atoms with van der Waals surface area (Å²) in [5.74, 6) is -2.82. The Labute approximate surface area is 182 Å². The minimum atomic E-state index is -1.32. The Morgan fingerprint density at radius 2 is 1.94 bits per heavy atom. The molecule has 0 amide bonds. The molecule has 0 saturated carbocycles. The number of aryl methyl sites for hydroxylation is 1. The number of benzene rings is 1. The SMILES string of the molecule is COC(=O)c1noc(C)c1COc1ccc(NC=C2C(=O)OC(C)(C)OC2=O)cc1Cl. The van der Waals surface area contributed by atoms with Gasteiger partial charge in [-0.3, -0.25) is 0 Å². The highest BCUT2D eigenvalue weighted by molar-refractivity contribution is 6.32. The maximum atomic E-state index is 12.0. The molecular formula is C20H19ClN2O8. The van der Waals surface area contributed by atoms with E-state index in [9.17, 15) is 14.4 Å². The van der Waals surface area contributed by atoms with Gasteiger partial charge in [0.05, 0.1) is 17.7 Å². The van der Waals surface area contributed by atoms with Gasteiger partial charge in [-0.1, -0.05) is 16.8 Å². The summed E-state index contributed by atoms with van der Waals surface area (Å²) in [6, 6.07) is 4.72. The Kier molecular flexibility index (Phi) is 6.21. The molecule has 1 aromatic heterocycles. The van der Waals surface area contributed by atoms with E-state index < -0.39 is 23.7 Å². The lowest BCUT2D eigenvalue weighted by molar-refractivity contribution is -0.222. The minimum absolute atomic E-state index is 0.0236. The van der Waals surface area contributed by atoms with Crippen molar-refractivity contribution in [1.29, 1.82) is 0 Å². The van der Waals surface area contributed by atoms with Crippen LogP contribution in [-0.4, -0.2) is 36.0 Å². The molecule has 0 unspecified atom stereocenters. The highest BCUT2D eigenvalue weighted by Crippen LogP contribution is 2.30. The van der Waals surface area contributed by atoms with Crippen LogP contribution in [0.15, 0.2) is 34.5 Å². The largest absolute Gasteiger partial charge is 0.487 e. The molecule has 3 rings (SSSR count). The Balaban J connectivity index is 1.69. The number of methoxy groups -OCH3 is 1. The summed E-state index contributed by atoms with van der Waals surface area (Å²) >= 11 is 6.26. The van der Waals surface area contributed by atoms with Crippen molar-refractivity contribution in [2.45, 2.75) is 33.2 Å². The van der Waals surface area contributed by atoms with Gasteiger partial charge in [-0.05, 0) is 25.1 Å². The van der Waals surface area contributed by atoms with Crippen molar-refractivity contribution < 1.29 is 37.9 Å². The second-order valence-electron chi connectivity index (χ2n) is 6.87. The molecule has 0 radical (unpaired) electrons. The van der Waals surface area contributed by atoms with Gasteiger partial charge in [0.1, 0.15) is 18.1 Å². The molecule has 2 heterocycles. The second kappa shape index (κ2) is 8.68. The molecule has 1 N–H and O–H groups in total. The van der Waals surface area contributed by atoms with Crippen molar-refractivity contribution in [2.24, 2.45) is 0 Å². The number of halogens is 1. The van der Waals surface area contributed by atoms with Gasteiger partial charge in [0.2, 0.25) is 0 Å². The average Bonchev–Trinajstić information content (AvgIpc) is 3.05. The van der Waals surface area contributed by atoms with Crippen LogP contribution in [0.1, 0.15) is 35.7 Å². The van der Waals surface area contributed by atoms with Crippen LogP contribution in [0.3, 0.4) is 0 Å². The van der Waals surface area contributed by atoms with Crippen LogP contribution in [0.5, 0.6) is 5.75 Å².